The molecule has 1 N–H and O–H groups in total. The zero-order valence-electron chi connectivity index (χ0n) is 12.1. The van der Waals surface area contributed by atoms with Crippen molar-refractivity contribution in [3.63, 3.8) is 0 Å². The SMILES string of the molecule is CNC(COC(C)COC)c1ccc(C)c(C)c1. The highest BCUT2D eigenvalue weighted by molar-refractivity contribution is 5.31. The van der Waals surface area contributed by atoms with Crippen LogP contribution in [-0.2, 0) is 9.47 Å². The summed E-state index contributed by atoms with van der Waals surface area (Å²) < 4.78 is 10.8. The molecule has 1 aromatic carbocycles. The van der Waals surface area contributed by atoms with Gasteiger partial charge in [-0.2, -0.15) is 0 Å². The minimum Gasteiger partial charge on any atom is -0.382 e. The van der Waals surface area contributed by atoms with Gasteiger partial charge in [0.1, 0.15) is 0 Å². The zero-order valence-corrected chi connectivity index (χ0v) is 12.1. The molecular formula is C15H25NO2. The Kier molecular flexibility index (Phi) is 6.33. The van der Waals surface area contributed by atoms with E-state index in [2.05, 4.69) is 37.4 Å². The second kappa shape index (κ2) is 7.52. The molecule has 0 aliphatic rings. The van der Waals surface area contributed by atoms with Crippen LogP contribution in [-0.4, -0.2) is 33.5 Å². The smallest absolute Gasteiger partial charge is 0.0781 e. The summed E-state index contributed by atoms with van der Waals surface area (Å²) in [4.78, 5) is 0. The van der Waals surface area contributed by atoms with Gasteiger partial charge in [-0.3, -0.25) is 0 Å². The molecule has 0 amide bonds. The molecule has 0 saturated carbocycles. The van der Waals surface area contributed by atoms with Crippen LogP contribution in [0.3, 0.4) is 0 Å². The van der Waals surface area contributed by atoms with E-state index in [0.29, 0.717) is 13.2 Å². The maximum Gasteiger partial charge on any atom is 0.0781 e. The molecular weight excluding hydrogens is 226 g/mol. The molecule has 1 rings (SSSR count). The van der Waals surface area contributed by atoms with Crippen LogP contribution >= 0.6 is 0 Å². The highest BCUT2D eigenvalue weighted by Crippen LogP contribution is 2.17. The average molecular weight is 251 g/mol. The number of benzene rings is 1. The van der Waals surface area contributed by atoms with Crippen molar-refractivity contribution in [1.82, 2.24) is 5.32 Å². The molecule has 0 radical (unpaired) electrons. The van der Waals surface area contributed by atoms with E-state index in [-0.39, 0.29) is 12.1 Å². The average Bonchev–Trinajstić information content (AvgIpc) is 2.34. The molecule has 3 nitrogen and oxygen atoms in total. The first-order valence-corrected chi connectivity index (χ1v) is 6.43. The Balaban J connectivity index is 2.62. The second-order valence-electron chi connectivity index (χ2n) is 4.78. The van der Waals surface area contributed by atoms with Crippen LogP contribution in [0.25, 0.3) is 0 Å². The first-order chi connectivity index (χ1) is 8.58. The van der Waals surface area contributed by atoms with E-state index in [4.69, 9.17) is 9.47 Å². The number of likely N-dealkylation sites (N-methyl/N-ethyl adjacent to an activating group) is 1. The van der Waals surface area contributed by atoms with E-state index in [9.17, 15) is 0 Å². The molecule has 2 unspecified atom stereocenters. The van der Waals surface area contributed by atoms with Crippen molar-refractivity contribution in [2.75, 3.05) is 27.4 Å². The summed E-state index contributed by atoms with van der Waals surface area (Å²) in [5.41, 5.74) is 3.91. The monoisotopic (exact) mass is 251 g/mol. The van der Waals surface area contributed by atoms with Crippen LogP contribution < -0.4 is 5.32 Å². The molecule has 0 aliphatic carbocycles. The van der Waals surface area contributed by atoms with Gasteiger partial charge < -0.3 is 14.8 Å². The molecule has 1 aromatic rings. The molecule has 3 heteroatoms. The third-order valence-electron chi connectivity index (χ3n) is 3.23. The van der Waals surface area contributed by atoms with Gasteiger partial charge in [-0.05, 0) is 44.5 Å². The lowest BCUT2D eigenvalue weighted by Gasteiger charge is -2.20. The van der Waals surface area contributed by atoms with E-state index in [1.54, 1.807) is 7.11 Å². The van der Waals surface area contributed by atoms with Crippen LogP contribution in [0.4, 0.5) is 0 Å². The van der Waals surface area contributed by atoms with Crippen LogP contribution in [0.1, 0.15) is 29.7 Å². The van der Waals surface area contributed by atoms with Crippen molar-refractivity contribution in [1.29, 1.82) is 0 Å². The highest BCUT2D eigenvalue weighted by atomic mass is 16.5. The maximum absolute atomic E-state index is 5.77. The number of nitrogens with one attached hydrogen (secondary N) is 1. The van der Waals surface area contributed by atoms with Gasteiger partial charge >= 0.3 is 0 Å². The lowest BCUT2D eigenvalue weighted by atomic mass is 10.0. The Morgan fingerprint density at radius 1 is 1.17 bits per heavy atom. The Labute approximate surface area is 110 Å². The van der Waals surface area contributed by atoms with E-state index in [1.165, 1.54) is 16.7 Å². The molecule has 18 heavy (non-hydrogen) atoms. The maximum atomic E-state index is 5.77. The second-order valence-corrected chi connectivity index (χ2v) is 4.78. The summed E-state index contributed by atoms with van der Waals surface area (Å²) in [5, 5.41) is 3.30. The van der Waals surface area contributed by atoms with E-state index >= 15 is 0 Å². The van der Waals surface area contributed by atoms with Crippen molar-refractivity contribution in [3.8, 4) is 0 Å². The lowest BCUT2D eigenvalue weighted by Crippen LogP contribution is -2.26. The standard InChI is InChI=1S/C15H25NO2/c1-11-6-7-14(8-12(11)2)15(16-4)10-18-13(3)9-17-5/h6-8,13,15-16H,9-10H2,1-5H3. The minimum atomic E-state index is 0.123. The number of hydrogen-bond acceptors (Lipinski definition) is 3. The van der Waals surface area contributed by atoms with E-state index < -0.39 is 0 Å². The Hall–Kier alpha value is -0.900. The fourth-order valence-electron chi connectivity index (χ4n) is 1.87. The van der Waals surface area contributed by atoms with Gasteiger partial charge in [0.25, 0.3) is 0 Å². The number of rotatable bonds is 7. The first kappa shape index (κ1) is 15.2. The summed E-state index contributed by atoms with van der Waals surface area (Å²) >= 11 is 0. The van der Waals surface area contributed by atoms with Gasteiger partial charge in [-0.1, -0.05) is 18.2 Å². The Morgan fingerprint density at radius 3 is 2.44 bits per heavy atom. The summed E-state index contributed by atoms with van der Waals surface area (Å²) in [6.45, 7) is 7.58. The predicted molar refractivity (Wildman–Crippen MR) is 75.0 cm³/mol. The van der Waals surface area contributed by atoms with Gasteiger partial charge in [0, 0.05) is 7.11 Å². The molecule has 0 spiro atoms. The quantitative estimate of drug-likeness (QED) is 0.808. The fourth-order valence-corrected chi connectivity index (χ4v) is 1.87. The molecule has 0 saturated heterocycles. The molecule has 0 fully saturated rings. The number of hydrogen-bond donors (Lipinski definition) is 1. The van der Waals surface area contributed by atoms with Gasteiger partial charge in [0.05, 0.1) is 25.4 Å². The minimum absolute atomic E-state index is 0.123. The van der Waals surface area contributed by atoms with Gasteiger partial charge in [-0.25, -0.2) is 0 Å². The van der Waals surface area contributed by atoms with Crippen molar-refractivity contribution >= 4 is 0 Å². The highest BCUT2D eigenvalue weighted by Gasteiger charge is 2.12. The lowest BCUT2D eigenvalue weighted by molar-refractivity contribution is 0.000206. The molecule has 102 valence electrons. The van der Waals surface area contributed by atoms with Crippen molar-refractivity contribution in [3.05, 3.63) is 34.9 Å². The zero-order chi connectivity index (χ0) is 13.5. The molecule has 0 bridgehead atoms. The van der Waals surface area contributed by atoms with Crippen molar-refractivity contribution in [2.45, 2.75) is 32.9 Å². The van der Waals surface area contributed by atoms with Crippen LogP contribution in [0.15, 0.2) is 18.2 Å². The van der Waals surface area contributed by atoms with Crippen molar-refractivity contribution < 1.29 is 9.47 Å². The summed E-state index contributed by atoms with van der Waals surface area (Å²) in [6.07, 6.45) is 0.123. The van der Waals surface area contributed by atoms with Crippen LogP contribution in [0, 0.1) is 13.8 Å². The fraction of sp³-hybridized carbons (Fsp3) is 0.600. The Bertz CT molecular complexity index is 366. The predicted octanol–water partition coefficient (Wildman–Crippen LogP) is 2.62. The van der Waals surface area contributed by atoms with Crippen LogP contribution in [0.2, 0.25) is 0 Å². The van der Waals surface area contributed by atoms with Gasteiger partial charge in [0.2, 0.25) is 0 Å². The van der Waals surface area contributed by atoms with Crippen molar-refractivity contribution in [2.24, 2.45) is 0 Å². The van der Waals surface area contributed by atoms with E-state index in [1.807, 2.05) is 14.0 Å². The van der Waals surface area contributed by atoms with Gasteiger partial charge in [0.15, 0.2) is 0 Å². The molecule has 2 atom stereocenters. The summed E-state index contributed by atoms with van der Waals surface area (Å²) in [6, 6.07) is 6.77. The number of aryl methyl sites for hydroxylation is 2. The largest absolute Gasteiger partial charge is 0.382 e. The number of methoxy groups -OCH3 is 1. The first-order valence-electron chi connectivity index (χ1n) is 6.43. The molecule has 0 aromatic heterocycles. The normalized spacial score (nSPS) is 14.5. The van der Waals surface area contributed by atoms with E-state index in [0.717, 1.165) is 0 Å². The van der Waals surface area contributed by atoms with Crippen LogP contribution in [0.5, 0.6) is 0 Å². The number of ether oxygens (including phenoxy) is 2. The molecule has 0 aliphatic heterocycles. The Morgan fingerprint density at radius 2 is 1.89 bits per heavy atom. The summed E-state index contributed by atoms with van der Waals surface area (Å²) in [5.74, 6) is 0. The third kappa shape index (κ3) is 4.41. The third-order valence-corrected chi connectivity index (χ3v) is 3.23. The summed E-state index contributed by atoms with van der Waals surface area (Å²) in [7, 11) is 3.66. The molecule has 0 heterocycles. The topological polar surface area (TPSA) is 30.5 Å². The van der Waals surface area contributed by atoms with Gasteiger partial charge in [-0.15, -0.1) is 0 Å².